The molecule has 0 aliphatic heterocycles. The number of benzene rings is 1. The molecular formula is C18H31NO. The van der Waals surface area contributed by atoms with E-state index in [4.69, 9.17) is 4.74 Å². The average molecular weight is 277 g/mol. The van der Waals surface area contributed by atoms with Crippen LogP contribution in [0.25, 0.3) is 0 Å². The standard InChI is InChI=1S/C18H31NO/c1-7-10-19-17(14(4)5)12-20-18-11-16(13(2)3)9-8-15(18)6/h8-9,11,13-14,17,19H,7,10,12H2,1-6H3. The molecule has 1 N–H and O–H groups in total. The predicted molar refractivity (Wildman–Crippen MR) is 87.7 cm³/mol. The summed E-state index contributed by atoms with van der Waals surface area (Å²) in [6.45, 7) is 15.0. The van der Waals surface area contributed by atoms with Crippen molar-refractivity contribution in [3.63, 3.8) is 0 Å². The molecule has 20 heavy (non-hydrogen) atoms. The zero-order chi connectivity index (χ0) is 15.1. The number of rotatable bonds is 8. The van der Waals surface area contributed by atoms with E-state index in [0.717, 1.165) is 25.3 Å². The predicted octanol–water partition coefficient (Wildman–Crippen LogP) is 4.52. The van der Waals surface area contributed by atoms with Crippen LogP contribution in [0.2, 0.25) is 0 Å². The fourth-order valence-corrected chi connectivity index (χ4v) is 2.13. The van der Waals surface area contributed by atoms with Crippen molar-refractivity contribution in [2.45, 2.75) is 59.9 Å². The van der Waals surface area contributed by atoms with Gasteiger partial charge in [-0.2, -0.15) is 0 Å². The van der Waals surface area contributed by atoms with Crippen LogP contribution in [0.1, 0.15) is 58.1 Å². The van der Waals surface area contributed by atoms with Crippen LogP contribution in [0.5, 0.6) is 5.75 Å². The molecule has 2 heteroatoms. The highest BCUT2D eigenvalue weighted by Crippen LogP contribution is 2.24. The van der Waals surface area contributed by atoms with Gasteiger partial charge in [-0.15, -0.1) is 0 Å². The van der Waals surface area contributed by atoms with Crippen molar-refractivity contribution >= 4 is 0 Å². The molecule has 0 heterocycles. The van der Waals surface area contributed by atoms with Gasteiger partial charge in [-0.05, 0) is 48.9 Å². The van der Waals surface area contributed by atoms with Crippen LogP contribution >= 0.6 is 0 Å². The van der Waals surface area contributed by atoms with Gasteiger partial charge in [0.15, 0.2) is 0 Å². The summed E-state index contributed by atoms with van der Waals surface area (Å²) in [6.07, 6.45) is 1.16. The first kappa shape index (κ1) is 17.0. The van der Waals surface area contributed by atoms with Gasteiger partial charge in [-0.25, -0.2) is 0 Å². The second-order valence-electron chi connectivity index (χ2n) is 6.30. The van der Waals surface area contributed by atoms with Gasteiger partial charge in [0.25, 0.3) is 0 Å². The van der Waals surface area contributed by atoms with Gasteiger partial charge in [0.1, 0.15) is 12.4 Å². The largest absolute Gasteiger partial charge is 0.492 e. The Labute approximate surface area is 124 Å². The Kier molecular flexibility index (Phi) is 7.08. The summed E-state index contributed by atoms with van der Waals surface area (Å²) in [5.74, 6) is 2.15. The highest BCUT2D eigenvalue weighted by molar-refractivity contribution is 5.37. The maximum absolute atomic E-state index is 6.09. The van der Waals surface area contributed by atoms with Crippen molar-refractivity contribution < 1.29 is 4.74 Å². The van der Waals surface area contributed by atoms with Crippen LogP contribution < -0.4 is 10.1 Å². The molecule has 0 aromatic heterocycles. The van der Waals surface area contributed by atoms with E-state index in [9.17, 15) is 0 Å². The van der Waals surface area contributed by atoms with Gasteiger partial charge in [0.05, 0.1) is 0 Å². The minimum Gasteiger partial charge on any atom is -0.492 e. The van der Waals surface area contributed by atoms with Crippen LogP contribution in [0.3, 0.4) is 0 Å². The Hall–Kier alpha value is -1.02. The Morgan fingerprint density at radius 1 is 1.15 bits per heavy atom. The first-order valence-corrected chi connectivity index (χ1v) is 7.92. The van der Waals surface area contributed by atoms with E-state index in [2.05, 4.69) is 65.1 Å². The Bertz CT molecular complexity index is 398. The summed E-state index contributed by atoms with van der Waals surface area (Å²) in [4.78, 5) is 0. The van der Waals surface area contributed by atoms with Crippen molar-refractivity contribution in [3.05, 3.63) is 29.3 Å². The summed E-state index contributed by atoms with van der Waals surface area (Å²) in [5, 5.41) is 3.57. The molecule has 1 rings (SSSR count). The lowest BCUT2D eigenvalue weighted by atomic mass is 10.0. The molecule has 0 bridgehead atoms. The summed E-state index contributed by atoms with van der Waals surface area (Å²) in [6, 6.07) is 6.96. The average Bonchev–Trinajstić information content (AvgIpc) is 2.39. The molecule has 0 aliphatic rings. The maximum Gasteiger partial charge on any atom is 0.122 e. The minimum atomic E-state index is 0.414. The van der Waals surface area contributed by atoms with Crippen molar-refractivity contribution in [2.24, 2.45) is 5.92 Å². The molecule has 1 aromatic carbocycles. The van der Waals surface area contributed by atoms with Crippen LogP contribution in [-0.4, -0.2) is 19.2 Å². The molecule has 1 aromatic rings. The van der Waals surface area contributed by atoms with E-state index in [1.807, 2.05) is 0 Å². The number of hydrogen-bond acceptors (Lipinski definition) is 2. The second kappa shape index (κ2) is 8.31. The molecule has 0 radical (unpaired) electrons. The summed E-state index contributed by atoms with van der Waals surface area (Å²) < 4.78 is 6.09. The third-order valence-electron chi connectivity index (χ3n) is 3.76. The lowest BCUT2D eigenvalue weighted by Crippen LogP contribution is -2.39. The third-order valence-corrected chi connectivity index (χ3v) is 3.76. The quantitative estimate of drug-likeness (QED) is 0.754. The van der Waals surface area contributed by atoms with Gasteiger partial charge in [0.2, 0.25) is 0 Å². The highest BCUT2D eigenvalue weighted by Gasteiger charge is 2.14. The molecule has 2 nitrogen and oxygen atoms in total. The monoisotopic (exact) mass is 277 g/mol. The van der Waals surface area contributed by atoms with E-state index >= 15 is 0 Å². The van der Waals surface area contributed by atoms with Crippen molar-refractivity contribution in [2.75, 3.05) is 13.2 Å². The van der Waals surface area contributed by atoms with Crippen LogP contribution in [0.4, 0.5) is 0 Å². The Balaban J connectivity index is 2.69. The fourth-order valence-electron chi connectivity index (χ4n) is 2.13. The number of aryl methyl sites for hydroxylation is 1. The zero-order valence-electron chi connectivity index (χ0n) is 14.0. The summed E-state index contributed by atoms with van der Waals surface area (Å²) >= 11 is 0. The topological polar surface area (TPSA) is 21.3 Å². The molecule has 0 saturated heterocycles. The van der Waals surface area contributed by atoms with Crippen LogP contribution in [-0.2, 0) is 0 Å². The molecule has 1 unspecified atom stereocenters. The van der Waals surface area contributed by atoms with E-state index in [0.29, 0.717) is 17.9 Å². The number of hydrogen-bond donors (Lipinski definition) is 1. The van der Waals surface area contributed by atoms with Gasteiger partial charge < -0.3 is 10.1 Å². The first-order chi connectivity index (χ1) is 9.45. The number of ether oxygens (including phenoxy) is 1. The van der Waals surface area contributed by atoms with Gasteiger partial charge in [-0.3, -0.25) is 0 Å². The maximum atomic E-state index is 6.09. The molecule has 1 atom stereocenters. The molecular weight excluding hydrogens is 246 g/mol. The SMILES string of the molecule is CCCNC(COc1cc(C(C)C)ccc1C)C(C)C. The molecule has 0 spiro atoms. The van der Waals surface area contributed by atoms with Gasteiger partial charge in [-0.1, -0.05) is 46.8 Å². The van der Waals surface area contributed by atoms with Crippen LogP contribution in [0.15, 0.2) is 18.2 Å². The van der Waals surface area contributed by atoms with E-state index in [-0.39, 0.29) is 0 Å². The Morgan fingerprint density at radius 3 is 2.40 bits per heavy atom. The highest BCUT2D eigenvalue weighted by atomic mass is 16.5. The first-order valence-electron chi connectivity index (χ1n) is 7.92. The fraction of sp³-hybridized carbons (Fsp3) is 0.667. The van der Waals surface area contributed by atoms with Gasteiger partial charge in [0, 0.05) is 6.04 Å². The normalized spacial score (nSPS) is 13.0. The molecule has 0 aliphatic carbocycles. The minimum absolute atomic E-state index is 0.414. The lowest BCUT2D eigenvalue weighted by molar-refractivity contribution is 0.229. The smallest absolute Gasteiger partial charge is 0.122 e. The second-order valence-corrected chi connectivity index (χ2v) is 6.30. The zero-order valence-corrected chi connectivity index (χ0v) is 14.0. The van der Waals surface area contributed by atoms with E-state index in [1.54, 1.807) is 0 Å². The Morgan fingerprint density at radius 2 is 1.85 bits per heavy atom. The summed E-state index contributed by atoms with van der Waals surface area (Å²) in [7, 11) is 0. The van der Waals surface area contributed by atoms with Crippen LogP contribution in [0, 0.1) is 12.8 Å². The van der Waals surface area contributed by atoms with Crippen molar-refractivity contribution in [1.82, 2.24) is 5.32 Å². The number of nitrogens with one attached hydrogen (secondary N) is 1. The molecule has 114 valence electrons. The summed E-state index contributed by atoms with van der Waals surface area (Å²) in [5.41, 5.74) is 2.56. The lowest BCUT2D eigenvalue weighted by Gasteiger charge is -2.23. The molecule has 0 amide bonds. The van der Waals surface area contributed by atoms with Crippen molar-refractivity contribution in [1.29, 1.82) is 0 Å². The third kappa shape index (κ3) is 5.16. The van der Waals surface area contributed by atoms with Gasteiger partial charge >= 0.3 is 0 Å². The molecule has 0 saturated carbocycles. The molecule has 0 fully saturated rings. The van der Waals surface area contributed by atoms with Crippen molar-refractivity contribution in [3.8, 4) is 5.75 Å². The van der Waals surface area contributed by atoms with E-state index < -0.39 is 0 Å². The van der Waals surface area contributed by atoms with E-state index in [1.165, 1.54) is 11.1 Å².